The summed E-state index contributed by atoms with van der Waals surface area (Å²) < 4.78 is 25.4. The van der Waals surface area contributed by atoms with Crippen molar-refractivity contribution in [2.45, 2.75) is 19.1 Å². The van der Waals surface area contributed by atoms with E-state index in [1.165, 1.54) is 0 Å². The fourth-order valence-corrected chi connectivity index (χ4v) is 4.23. The zero-order valence-electron chi connectivity index (χ0n) is 13.7. The second kappa shape index (κ2) is 6.68. The lowest BCUT2D eigenvalue weighted by Gasteiger charge is -2.27. The van der Waals surface area contributed by atoms with Crippen LogP contribution in [-0.4, -0.2) is 31.1 Å². The first kappa shape index (κ1) is 17.2. The zero-order chi connectivity index (χ0) is 18.0. The van der Waals surface area contributed by atoms with Crippen LogP contribution in [0.25, 0.3) is 0 Å². The Balaban J connectivity index is 1.79. The number of rotatable bonds is 4. The third-order valence-electron chi connectivity index (χ3n) is 4.05. The van der Waals surface area contributed by atoms with E-state index in [1.807, 2.05) is 25.1 Å². The normalized spacial score (nSPS) is 15.6. The Kier molecular flexibility index (Phi) is 4.59. The van der Waals surface area contributed by atoms with Gasteiger partial charge in [-0.05, 0) is 35.7 Å². The van der Waals surface area contributed by atoms with E-state index >= 15 is 0 Å². The molecule has 0 atom stereocenters. The van der Waals surface area contributed by atoms with Crippen molar-refractivity contribution in [3.8, 4) is 0 Å². The lowest BCUT2D eigenvalue weighted by Crippen LogP contribution is -2.45. The summed E-state index contributed by atoms with van der Waals surface area (Å²) >= 11 is 0. The lowest BCUT2D eigenvalue weighted by molar-refractivity contribution is -0.116. The molecular formula is C18H18N2O4S. The van der Waals surface area contributed by atoms with Gasteiger partial charge < -0.3 is 5.32 Å². The van der Waals surface area contributed by atoms with Crippen molar-refractivity contribution in [2.24, 2.45) is 0 Å². The van der Waals surface area contributed by atoms with E-state index in [2.05, 4.69) is 5.32 Å². The van der Waals surface area contributed by atoms with Crippen LogP contribution in [0.4, 0.5) is 5.69 Å². The molecule has 2 amide bonds. The monoisotopic (exact) mass is 358 g/mol. The summed E-state index contributed by atoms with van der Waals surface area (Å²) in [5, 5.41) is 2.65. The number of amides is 2. The first-order chi connectivity index (χ1) is 11.9. The Morgan fingerprint density at radius 2 is 1.92 bits per heavy atom. The molecule has 6 nitrogen and oxygen atoms in total. The topological polar surface area (TPSA) is 83.6 Å². The highest BCUT2D eigenvalue weighted by atomic mass is 32.2. The van der Waals surface area contributed by atoms with Crippen LogP contribution in [0, 0.1) is 0 Å². The molecule has 1 N–H and O–H groups in total. The van der Waals surface area contributed by atoms with Crippen LogP contribution in [-0.2, 0) is 27.0 Å². The number of nitrogens with one attached hydrogen (secondary N) is 1. The van der Waals surface area contributed by atoms with E-state index in [-0.39, 0.29) is 5.75 Å². The number of hydrogen-bond acceptors (Lipinski definition) is 4. The molecule has 0 aliphatic carbocycles. The number of sulfonamides is 1. The van der Waals surface area contributed by atoms with Gasteiger partial charge in [-0.3, -0.25) is 9.59 Å². The molecule has 0 fully saturated rings. The van der Waals surface area contributed by atoms with Crippen LogP contribution in [0.2, 0.25) is 0 Å². The van der Waals surface area contributed by atoms with Crippen LogP contribution in [0.15, 0.2) is 48.5 Å². The summed E-state index contributed by atoms with van der Waals surface area (Å²) in [6, 6.07) is 13.8. The first-order valence-electron chi connectivity index (χ1n) is 7.92. The Morgan fingerprint density at radius 1 is 1.16 bits per heavy atom. The predicted molar refractivity (Wildman–Crippen MR) is 94.6 cm³/mol. The second-order valence-electron chi connectivity index (χ2n) is 5.83. The fraction of sp³-hybridized carbons (Fsp3) is 0.222. The Labute approximate surface area is 146 Å². The molecule has 0 aromatic heterocycles. The zero-order valence-corrected chi connectivity index (χ0v) is 14.5. The minimum Gasteiger partial charge on any atom is -0.325 e. The van der Waals surface area contributed by atoms with Crippen molar-refractivity contribution in [1.29, 1.82) is 0 Å². The average molecular weight is 358 g/mol. The average Bonchev–Trinajstić information content (AvgIpc) is 2.58. The van der Waals surface area contributed by atoms with Crippen LogP contribution in [0.3, 0.4) is 0 Å². The van der Waals surface area contributed by atoms with Gasteiger partial charge in [0.15, 0.2) is 0 Å². The molecule has 130 valence electrons. The van der Waals surface area contributed by atoms with E-state index in [0.717, 1.165) is 12.0 Å². The third-order valence-corrected chi connectivity index (χ3v) is 5.70. The Bertz CT molecular complexity index is 938. The summed E-state index contributed by atoms with van der Waals surface area (Å²) in [4.78, 5) is 24.7. The first-order valence-corrected chi connectivity index (χ1v) is 9.53. The molecule has 1 aliphatic heterocycles. The summed E-state index contributed by atoms with van der Waals surface area (Å²) in [5.41, 5.74) is 2.40. The van der Waals surface area contributed by atoms with Gasteiger partial charge in [0, 0.05) is 11.3 Å². The molecule has 2 aromatic carbocycles. The number of nitrogens with zero attached hydrogens (tertiary/aromatic N) is 1. The number of benzene rings is 2. The molecule has 0 saturated carbocycles. The molecule has 2 aromatic rings. The van der Waals surface area contributed by atoms with Gasteiger partial charge in [-0.1, -0.05) is 37.3 Å². The van der Waals surface area contributed by atoms with E-state index in [9.17, 15) is 18.0 Å². The minimum atomic E-state index is -3.86. The Hall–Kier alpha value is -2.67. The maximum atomic E-state index is 12.5. The molecule has 3 rings (SSSR count). The molecule has 1 heterocycles. The molecule has 0 unspecified atom stereocenters. The van der Waals surface area contributed by atoms with E-state index < -0.39 is 28.4 Å². The van der Waals surface area contributed by atoms with E-state index in [4.69, 9.17) is 0 Å². The molecule has 1 aliphatic rings. The maximum absolute atomic E-state index is 12.5. The largest absolute Gasteiger partial charge is 0.325 e. The highest BCUT2D eigenvalue weighted by molar-refractivity contribution is 7.89. The van der Waals surface area contributed by atoms with Crippen molar-refractivity contribution >= 4 is 27.5 Å². The number of carbonyl (C=O) groups excluding carboxylic acids is 2. The van der Waals surface area contributed by atoms with E-state index in [0.29, 0.717) is 21.1 Å². The smallest absolute Gasteiger partial charge is 0.268 e. The molecule has 7 heteroatoms. The minimum absolute atomic E-state index is 0.284. The van der Waals surface area contributed by atoms with Crippen molar-refractivity contribution in [2.75, 3.05) is 11.9 Å². The van der Waals surface area contributed by atoms with Crippen LogP contribution < -0.4 is 5.32 Å². The summed E-state index contributed by atoms with van der Waals surface area (Å²) in [5.74, 6) is -1.50. The highest BCUT2D eigenvalue weighted by Gasteiger charge is 2.36. The molecule has 0 saturated heterocycles. The van der Waals surface area contributed by atoms with Gasteiger partial charge in [-0.2, -0.15) is 0 Å². The predicted octanol–water partition coefficient (Wildman–Crippen LogP) is 2.17. The lowest BCUT2D eigenvalue weighted by atomic mass is 10.1. The summed E-state index contributed by atoms with van der Waals surface area (Å²) in [6.07, 6.45) is 0.819. The number of anilines is 1. The second-order valence-corrected chi connectivity index (χ2v) is 7.72. The highest BCUT2D eigenvalue weighted by Crippen LogP contribution is 2.24. The van der Waals surface area contributed by atoms with Gasteiger partial charge in [0.2, 0.25) is 15.9 Å². The molecule has 0 bridgehead atoms. The van der Waals surface area contributed by atoms with Gasteiger partial charge in [0.25, 0.3) is 5.91 Å². The summed E-state index contributed by atoms with van der Waals surface area (Å²) in [6.45, 7) is 1.46. The molecule has 0 radical (unpaired) electrons. The van der Waals surface area contributed by atoms with Crippen LogP contribution >= 0.6 is 0 Å². The summed E-state index contributed by atoms with van der Waals surface area (Å²) in [7, 11) is -3.86. The number of carbonyl (C=O) groups is 2. The molecule has 25 heavy (non-hydrogen) atoms. The van der Waals surface area contributed by atoms with Crippen molar-refractivity contribution < 1.29 is 18.0 Å². The number of aryl methyl sites for hydroxylation is 1. The van der Waals surface area contributed by atoms with Crippen molar-refractivity contribution in [3.05, 3.63) is 65.2 Å². The Morgan fingerprint density at radius 3 is 2.68 bits per heavy atom. The fourth-order valence-electron chi connectivity index (χ4n) is 2.76. The van der Waals surface area contributed by atoms with Crippen molar-refractivity contribution in [1.82, 2.24) is 4.31 Å². The van der Waals surface area contributed by atoms with E-state index in [1.54, 1.807) is 30.3 Å². The van der Waals surface area contributed by atoms with Crippen molar-refractivity contribution in [3.63, 3.8) is 0 Å². The standard InChI is InChI=1S/C18H18N2O4S/c1-2-13-6-5-8-15(10-13)19-17(21)11-20-18(22)16-9-4-3-7-14(16)12-25(20,23)24/h3-10H,2,11-12H2,1H3,(H,19,21). The van der Waals surface area contributed by atoms with Gasteiger partial charge in [0.1, 0.15) is 6.54 Å². The molecule has 0 spiro atoms. The SMILES string of the molecule is CCc1cccc(NC(=O)CN2C(=O)c3ccccc3CS2(=O)=O)c1. The quantitative estimate of drug-likeness (QED) is 0.908. The third kappa shape index (κ3) is 3.56. The van der Waals surface area contributed by atoms with Crippen LogP contribution in [0.1, 0.15) is 28.4 Å². The van der Waals surface area contributed by atoms with Gasteiger partial charge in [0.05, 0.1) is 5.75 Å². The van der Waals surface area contributed by atoms with Gasteiger partial charge in [-0.25, -0.2) is 12.7 Å². The maximum Gasteiger partial charge on any atom is 0.268 e. The van der Waals surface area contributed by atoms with Gasteiger partial charge in [-0.15, -0.1) is 0 Å². The van der Waals surface area contributed by atoms with Gasteiger partial charge >= 0.3 is 0 Å². The number of fused-ring (bicyclic) bond motifs is 1. The molecular weight excluding hydrogens is 340 g/mol. The van der Waals surface area contributed by atoms with Crippen LogP contribution in [0.5, 0.6) is 0 Å². The number of hydrogen-bond donors (Lipinski definition) is 1.